The molecule has 1 saturated heterocycles. The second-order valence-corrected chi connectivity index (χ2v) is 7.52. The highest BCUT2D eigenvalue weighted by Crippen LogP contribution is 2.37. The van der Waals surface area contributed by atoms with Crippen LogP contribution in [0.4, 0.5) is 0 Å². The van der Waals surface area contributed by atoms with E-state index in [0.29, 0.717) is 18.9 Å². The van der Waals surface area contributed by atoms with E-state index in [9.17, 15) is 9.59 Å². The quantitative estimate of drug-likeness (QED) is 0.858. The van der Waals surface area contributed by atoms with E-state index >= 15 is 0 Å². The van der Waals surface area contributed by atoms with Crippen molar-refractivity contribution >= 4 is 11.8 Å². The van der Waals surface area contributed by atoms with E-state index in [1.807, 2.05) is 11.0 Å². The Morgan fingerprint density at radius 3 is 2.52 bits per heavy atom. The zero-order valence-corrected chi connectivity index (χ0v) is 15.3. The molecule has 1 aromatic carbocycles. The molecule has 5 heteroatoms. The first-order valence-electron chi connectivity index (χ1n) is 9.38. The average Bonchev–Trinajstić information content (AvgIpc) is 3.32. The highest BCUT2D eigenvalue weighted by molar-refractivity contribution is 5.82. The zero-order chi connectivity index (χ0) is 17.8. The highest BCUT2D eigenvalue weighted by Gasteiger charge is 2.38. The van der Waals surface area contributed by atoms with Crippen LogP contribution in [0.15, 0.2) is 30.3 Å². The molecule has 1 aliphatic heterocycles. The Hall–Kier alpha value is -1.88. The van der Waals surface area contributed by atoms with Gasteiger partial charge in [-0.3, -0.25) is 14.5 Å². The standard InChI is InChI=1S/C20H29N3O2/c1-15-12-18(15)20(25)21-9-8-19(24)23-11-10-22(13-16(23)2)14-17-6-4-3-5-7-17/h3-7,15-16,18H,8-14H2,1-2H3,(H,21,25)/t15-,16+,18-/m0/s1. The first-order valence-corrected chi connectivity index (χ1v) is 9.38. The van der Waals surface area contributed by atoms with Crippen molar-refractivity contribution in [1.29, 1.82) is 0 Å². The van der Waals surface area contributed by atoms with Crippen LogP contribution < -0.4 is 5.32 Å². The van der Waals surface area contributed by atoms with Crippen molar-refractivity contribution in [2.24, 2.45) is 11.8 Å². The minimum Gasteiger partial charge on any atom is -0.355 e. The van der Waals surface area contributed by atoms with Crippen LogP contribution >= 0.6 is 0 Å². The lowest BCUT2D eigenvalue weighted by Gasteiger charge is -2.40. The van der Waals surface area contributed by atoms with E-state index in [2.05, 4.69) is 48.3 Å². The highest BCUT2D eigenvalue weighted by atomic mass is 16.2. The zero-order valence-electron chi connectivity index (χ0n) is 15.3. The molecule has 2 fully saturated rings. The number of hydrogen-bond acceptors (Lipinski definition) is 3. The molecule has 1 saturated carbocycles. The molecule has 0 bridgehead atoms. The van der Waals surface area contributed by atoms with Gasteiger partial charge in [0.15, 0.2) is 0 Å². The Labute approximate surface area is 150 Å². The second kappa shape index (κ2) is 8.00. The molecule has 1 N–H and O–H groups in total. The third-order valence-corrected chi connectivity index (χ3v) is 5.37. The molecule has 136 valence electrons. The summed E-state index contributed by atoms with van der Waals surface area (Å²) in [5.74, 6) is 0.945. The van der Waals surface area contributed by atoms with E-state index in [4.69, 9.17) is 0 Å². The molecule has 5 nitrogen and oxygen atoms in total. The minimum absolute atomic E-state index is 0.112. The predicted molar refractivity (Wildman–Crippen MR) is 97.8 cm³/mol. The fraction of sp³-hybridized carbons (Fsp3) is 0.600. The molecule has 0 radical (unpaired) electrons. The van der Waals surface area contributed by atoms with Gasteiger partial charge < -0.3 is 10.2 Å². The molecule has 0 aromatic heterocycles. The minimum atomic E-state index is 0.112. The molecule has 3 rings (SSSR count). The van der Waals surface area contributed by atoms with E-state index in [0.717, 1.165) is 32.6 Å². The Morgan fingerprint density at radius 1 is 1.16 bits per heavy atom. The van der Waals surface area contributed by atoms with Crippen molar-refractivity contribution in [1.82, 2.24) is 15.1 Å². The Morgan fingerprint density at radius 2 is 1.88 bits per heavy atom. The summed E-state index contributed by atoms with van der Waals surface area (Å²) in [6.07, 6.45) is 1.38. The molecule has 1 heterocycles. The molecule has 0 unspecified atom stereocenters. The van der Waals surface area contributed by atoms with Gasteiger partial charge in [0.1, 0.15) is 0 Å². The maximum absolute atomic E-state index is 12.5. The summed E-state index contributed by atoms with van der Waals surface area (Å²) < 4.78 is 0. The van der Waals surface area contributed by atoms with Gasteiger partial charge in [-0.25, -0.2) is 0 Å². The van der Waals surface area contributed by atoms with Crippen LogP contribution in [0.5, 0.6) is 0 Å². The van der Waals surface area contributed by atoms with Gasteiger partial charge in [-0.15, -0.1) is 0 Å². The van der Waals surface area contributed by atoms with Gasteiger partial charge in [0.05, 0.1) is 0 Å². The fourth-order valence-electron chi connectivity index (χ4n) is 3.64. The van der Waals surface area contributed by atoms with E-state index in [1.165, 1.54) is 5.56 Å². The molecule has 2 aliphatic rings. The predicted octanol–water partition coefficient (Wildman–Crippen LogP) is 1.88. The van der Waals surface area contributed by atoms with Crippen molar-refractivity contribution in [3.8, 4) is 0 Å². The van der Waals surface area contributed by atoms with Crippen LogP contribution in [0.2, 0.25) is 0 Å². The van der Waals surface area contributed by atoms with E-state index in [1.54, 1.807) is 0 Å². The fourth-order valence-corrected chi connectivity index (χ4v) is 3.64. The molecule has 25 heavy (non-hydrogen) atoms. The van der Waals surface area contributed by atoms with Crippen LogP contribution in [0.25, 0.3) is 0 Å². The van der Waals surface area contributed by atoms with Crippen molar-refractivity contribution in [2.75, 3.05) is 26.2 Å². The molecule has 0 spiro atoms. The van der Waals surface area contributed by atoms with Crippen LogP contribution in [0.3, 0.4) is 0 Å². The SMILES string of the molecule is C[C@@H]1CN(Cc2ccccc2)CCN1C(=O)CCNC(=O)[C@H]1C[C@@H]1C. The lowest BCUT2D eigenvalue weighted by molar-refractivity contribution is -0.135. The van der Waals surface area contributed by atoms with Crippen molar-refractivity contribution in [2.45, 2.75) is 39.3 Å². The van der Waals surface area contributed by atoms with Crippen LogP contribution in [-0.2, 0) is 16.1 Å². The van der Waals surface area contributed by atoms with Gasteiger partial charge in [0.2, 0.25) is 11.8 Å². The van der Waals surface area contributed by atoms with Crippen molar-refractivity contribution < 1.29 is 9.59 Å². The van der Waals surface area contributed by atoms with Gasteiger partial charge in [0, 0.05) is 51.1 Å². The van der Waals surface area contributed by atoms with Crippen LogP contribution in [0, 0.1) is 11.8 Å². The number of piperazine rings is 1. The van der Waals surface area contributed by atoms with Gasteiger partial charge >= 0.3 is 0 Å². The summed E-state index contributed by atoms with van der Waals surface area (Å²) in [4.78, 5) is 28.6. The summed E-state index contributed by atoms with van der Waals surface area (Å²) in [6.45, 7) is 8.15. The van der Waals surface area contributed by atoms with Gasteiger partial charge in [0.25, 0.3) is 0 Å². The third kappa shape index (κ3) is 4.82. The Kier molecular flexibility index (Phi) is 5.74. The lowest BCUT2D eigenvalue weighted by Crippen LogP contribution is -2.54. The van der Waals surface area contributed by atoms with E-state index < -0.39 is 0 Å². The molecule has 3 atom stereocenters. The summed E-state index contributed by atoms with van der Waals surface area (Å²) in [7, 11) is 0. The number of hydrogen-bond donors (Lipinski definition) is 1. The number of nitrogens with zero attached hydrogens (tertiary/aromatic N) is 2. The van der Waals surface area contributed by atoms with Gasteiger partial charge in [-0.1, -0.05) is 37.3 Å². The normalized spacial score (nSPS) is 26.3. The second-order valence-electron chi connectivity index (χ2n) is 7.52. The first kappa shape index (κ1) is 17.9. The number of carbonyl (C=O) groups is 2. The first-order chi connectivity index (χ1) is 12.0. The summed E-state index contributed by atoms with van der Waals surface area (Å²) in [6, 6.07) is 10.7. The summed E-state index contributed by atoms with van der Waals surface area (Å²) >= 11 is 0. The van der Waals surface area contributed by atoms with Gasteiger partial charge in [-0.05, 0) is 24.8 Å². The molecular formula is C20H29N3O2. The molecule has 2 amide bonds. The lowest BCUT2D eigenvalue weighted by atomic mass is 10.1. The number of benzene rings is 1. The van der Waals surface area contributed by atoms with Crippen molar-refractivity contribution in [3.63, 3.8) is 0 Å². The molecular weight excluding hydrogens is 314 g/mol. The smallest absolute Gasteiger partial charge is 0.224 e. The summed E-state index contributed by atoms with van der Waals surface area (Å²) in [5, 5.41) is 2.90. The maximum Gasteiger partial charge on any atom is 0.224 e. The number of carbonyl (C=O) groups excluding carboxylic acids is 2. The van der Waals surface area contributed by atoms with E-state index in [-0.39, 0.29) is 23.8 Å². The Bertz CT molecular complexity index is 604. The van der Waals surface area contributed by atoms with Crippen molar-refractivity contribution in [3.05, 3.63) is 35.9 Å². The Balaban J connectivity index is 1.40. The number of nitrogens with one attached hydrogen (secondary N) is 1. The largest absolute Gasteiger partial charge is 0.355 e. The van der Waals surface area contributed by atoms with Crippen LogP contribution in [-0.4, -0.2) is 53.8 Å². The monoisotopic (exact) mass is 343 g/mol. The number of amides is 2. The molecule has 1 aliphatic carbocycles. The maximum atomic E-state index is 12.5. The van der Waals surface area contributed by atoms with Crippen LogP contribution in [0.1, 0.15) is 32.3 Å². The summed E-state index contributed by atoms with van der Waals surface area (Å²) in [5.41, 5.74) is 1.31. The topological polar surface area (TPSA) is 52.6 Å². The van der Waals surface area contributed by atoms with Gasteiger partial charge in [-0.2, -0.15) is 0 Å². The average molecular weight is 343 g/mol. The number of rotatable bonds is 6. The third-order valence-electron chi connectivity index (χ3n) is 5.37. The molecule has 1 aromatic rings.